The first-order valence-corrected chi connectivity index (χ1v) is 10.7. The lowest BCUT2D eigenvalue weighted by molar-refractivity contribution is -0.116. The van der Waals surface area contributed by atoms with Gasteiger partial charge in [0.2, 0.25) is 15.7 Å². The number of piperazine rings is 1. The van der Waals surface area contributed by atoms with Gasteiger partial charge < -0.3 is 15.1 Å². The smallest absolute Gasteiger partial charge is 0.223 e. The molecular formula is C20H24FN3O3S. The van der Waals surface area contributed by atoms with Crippen molar-refractivity contribution in [3.63, 3.8) is 0 Å². The molecule has 1 heterocycles. The highest BCUT2D eigenvalue weighted by atomic mass is 32.2. The third kappa shape index (κ3) is 4.02. The van der Waals surface area contributed by atoms with Crippen LogP contribution in [0.5, 0.6) is 0 Å². The Morgan fingerprint density at radius 2 is 1.79 bits per heavy atom. The number of benzene rings is 2. The Morgan fingerprint density at radius 1 is 1.14 bits per heavy atom. The van der Waals surface area contributed by atoms with Crippen molar-refractivity contribution in [2.24, 2.45) is 0 Å². The maximum atomic E-state index is 13.2. The molecule has 1 saturated heterocycles. The fourth-order valence-electron chi connectivity index (χ4n) is 3.37. The fraction of sp³-hybridized carbons (Fsp3) is 0.350. The molecule has 1 aliphatic heterocycles. The first kappa shape index (κ1) is 20.3. The van der Waals surface area contributed by atoms with E-state index in [4.69, 9.17) is 0 Å². The Bertz CT molecular complexity index is 955. The Balaban J connectivity index is 2.13. The van der Waals surface area contributed by atoms with Crippen molar-refractivity contribution >= 4 is 27.1 Å². The van der Waals surface area contributed by atoms with Crippen LogP contribution in [0, 0.1) is 5.82 Å². The van der Waals surface area contributed by atoms with Crippen molar-refractivity contribution in [1.29, 1.82) is 0 Å². The van der Waals surface area contributed by atoms with Gasteiger partial charge >= 0.3 is 0 Å². The minimum Gasteiger partial charge on any atom is -0.369 e. The Kier molecular flexibility index (Phi) is 6.00. The number of nitrogens with zero attached hydrogens (tertiary/aromatic N) is 2. The molecule has 0 aromatic heterocycles. The number of halogens is 1. The molecule has 2 aromatic carbocycles. The van der Waals surface area contributed by atoms with E-state index >= 15 is 0 Å². The van der Waals surface area contributed by atoms with Crippen LogP contribution in [-0.2, 0) is 14.6 Å². The van der Waals surface area contributed by atoms with Crippen molar-refractivity contribution in [3.8, 4) is 0 Å². The zero-order valence-electron chi connectivity index (χ0n) is 16.0. The molecule has 8 heteroatoms. The highest BCUT2D eigenvalue weighted by molar-refractivity contribution is 7.91. The monoisotopic (exact) mass is 405 g/mol. The lowest BCUT2D eigenvalue weighted by Crippen LogP contribution is -2.43. The van der Waals surface area contributed by atoms with Gasteiger partial charge in [-0.3, -0.25) is 4.79 Å². The number of hydrogen-bond acceptors (Lipinski definition) is 5. The average Bonchev–Trinajstić information content (AvgIpc) is 2.69. The van der Waals surface area contributed by atoms with Gasteiger partial charge in [0.25, 0.3) is 0 Å². The van der Waals surface area contributed by atoms with E-state index in [1.807, 2.05) is 0 Å². The molecule has 3 rings (SSSR count). The second kappa shape index (κ2) is 8.28. The molecule has 0 unspecified atom stereocenters. The molecule has 0 bridgehead atoms. The number of sulfone groups is 1. The first-order valence-electron chi connectivity index (χ1n) is 9.23. The lowest BCUT2D eigenvalue weighted by Gasteiger charge is -2.31. The number of rotatable bonds is 5. The third-order valence-electron chi connectivity index (χ3n) is 4.83. The third-order valence-corrected chi connectivity index (χ3v) is 6.64. The summed E-state index contributed by atoms with van der Waals surface area (Å²) in [4.78, 5) is 15.8. The number of hydrogen-bond donors (Lipinski definition) is 1. The fourth-order valence-corrected chi connectivity index (χ4v) is 4.81. The van der Waals surface area contributed by atoms with Crippen LogP contribution in [-0.4, -0.2) is 47.0 Å². The van der Waals surface area contributed by atoms with Gasteiger partial charge in [0, 0.05) is 45.3 Å². The van der Waals surface area contributed by atoms with Gasteiger partial charge in [0.15, 0.2) is 0 Å². The quantitative estimate of drug-likeness (QED) is 0.774. The van der Waals surface area contributed by atoms with Crippen LogP contribution in [0.4, 0.5) is 15.8 Å². The number of anilines is 2. The van der Waals surface area contributed by atoms with Crippen molar-refractivity contribution < 1.29 is 17.6 Å². The lowest BCUT2D eigenvalue weighted by atomic mass is 10.2. The van der Waals surface area contributed by atoms with E-state index in [0.29, 0.717) is 12.2 Å². The predicted molar refractivity (Wildman–Crippen MR) is 107 cm³/mol. The van der Waals surface area contributed by atoms with Crippen molar-refractivity contribution in [1.82, 2.24) is 5.32 Å². The Hall–Kier alpha value is -2.45. The number of amides is 1. The molecule has 150 valence electrons. The van der Waals surface area contributed by atoms with Crippen molar-refractivity contribution in [2.75, 3.05) is 42.5 Å². The molecule has 6 nitrogen and oxygen atoms in total. The second-order valence-electron chi connectivity index (χ2n) is 6.61. The molecule has 1 N–H and O–H groups in total. The summed E-state index contributed by atoms with van der Waals surface area (Å²) >= 11 is 0. The molecule has 0 radical (unpaired) electrons. The summed E-state index contributed by atoms with van der Waals surface area (Å²) in [6, 6.07) is 9.77. The number of carbonyl (C=O) groups excluding carboxylic acids is 1. The molecule has 2 aromatic rings. The van der Waals surface area contributed by atoms with Gasteiger partial charge in [-0.2, -0.15) is 0 Å². The molecule has 1 amide bonds. The zero-order chi connectivity index (χ0) is 20.3. The van der Waals surface area contributed by atoms with E-state index in [1.165, 1.54) is 30.0 Å². The number of nitrogens with one attached hydrogen (secondary N) is 1. The van der Waals surface area contributed by atoms with E-state index in [0.717, 1.165) is 44.0 Å². The summed E-state index contributed by atoms with van der Waals surface area (Å²) in [5, 5.41) is 3.28. The standard InChI is InChI=1S/C20H24FN3O3S/c1-3-24(15(2)25)19-14-17(23-12-10-22-11-13-23)6-9-20(19)28(26,27)18-7-4-16(21)5-8-18/h4-9,14,22H,3,10-13H2,1-2H3. The maximum Gasteiger partial charge on any atom is 0.223 e. The molecule has 1 fully saturated rings. The summed E-state index contributed by atoms with van der Waals surface area (Å²) in [6.45, 7) is 6.84. The van der Waals surface area contributed by atoms with Crippen LogP contribution >= 0.6 is 0 Å². The molecule has 0 aliphatic carbocycles. The molecule has 28 heavy (non-hydrogen) atoms. The topological polar surface area (TPSA) is 69.7 Å². The molecule has 0 saturated carbocycles. The summed E-state index contributed by atoms with van der Waals surface area (Å²) < 4.78 is 39.7. The summed E-state index contributed by atoms with van der Waals surface area (Å²) in [5.74, 6) is -0.748. The van der Waals surface area contributed by atoms with E-state index in [1.54, 1.807) is 19.1 Å². The van der Waals surface area contributed by atoms with Crippen LogP contribution < -0.4 is 15.1 Å². The van der Waals surface area contributed by atoms with Gasteiger partial charge in [-0.1, -0.05) is 0 Å². The van der Waals surface area contributed by atoms with Crippen LogP contribution in [0.1, 0.15) is 13.8 Å². The maximum absolute atomic E-state index is 13.2. The zero-order valence-corrected chi connectivity index (χ0v) is 16.8. The van der Waals surface area contributed by atoms with Crippen LogP contribution in [0.3, 0.4) is 0 Å². The summed E-state index contributed by atoms with van der Waals surface area (Å²) in [6.07, 6.45) is 0. The van der Waals surface area contributed by atoms with Gasteiger partial charge in [0.1, 0.15) is 5.82 Å². The van der Waals surface area contributed by atoms with E-state index < -0.39 is 15.7 Å². The molecule has 0 atom stereocenters. The van der Waals surface area contributed by atoms with Crippen molar-refractivity contribution in [3.05, 3.63) is 48.3 Å². The largest absolute Gasteiger partial charge is 0.369 e. The summed E-state index contributed by atoms with van der Waals surface area (Å²) in [7, 11) is -3.91. The molecule has 0 spiro atoms. The summed E-state index contributed by atoms with van der Waals surface area (Å²) in [5.41, 5.74) is 1.21. The van der Waals surface area contributed by atoms with Crippen LogP contribution in [0.15, 0.2) is 52.3 Å². The van der Waals surface area contributed by atoms with Gasteiger partial charge in [-0.15, -0.1) is 0 Å². The van der Waals surface area contributed by atoms with Crippen LogP contribution in [0.2, 0.25) is 0 Å². The van der Waals surface area contributed by atoms with Gasteiger partial charge in [0.05, 0.1) is 15.5 Å². The minimum atomic E-state index is -3.91. The van der Waals surface area contributed by atoms with E-state index in [-0.39, 0.29) is 15.7 Å². The predicted octanol–water partition coefficient (Wildman–Crippen LogP) is 2.44. The highest BCUT2D eigenvalue weighted by Gasteiger charge is 2.26. The highest BCUT2D eigenvalue weighted by Crippen LogP contribution is 2.34. The Labute approximate surface area is 164 Å². The number of carbonyl (C=O) groups is 1. The van der Waals surface area contributed by atoms with E-state index in [9.17, 15) is 17.6 Å². The van der Waals surface area contributed by atoms with Crippen molar-refractivity contribution in [2.45, 2.75) is 23.6 Å². The average molecular weight is 405 g/mol. The molecule has 1 aliphatic rings. The molecular weight excluding hydrogens is 381 g/mol. The second-order valence-corrected chi connectivity index (χ2v) is 8.53. The first-order chi connectivity index (χ1) is 13.3. The van der Waals surface area contributed by atoms with Crippen LogP contribution in [0.25, 0.3) is 0 Å². The van der Waals surface area contributed by atoms with Gasteiger partial charge in [-0.05, 0) is 49.4 Å². The normalized spacial score (nSPS) is 14.8. The van der Waals surface area contributed by atoms with E-state index in [2.05, 4.69) is 10.2 Å². The Morgan fingerprint density at radius 3 is 2.36 bits per heavy atom. The SMILES string of the molecule is CCN(C(C)=O)c1cc(N2CCNCC2)ccc1S(=O)(=O)c1ccc(F)cc1. The minimum absolute atomic E-state index is 0.00956. The van der Waals surface area contributed by atoms with Gasteiger partial charge in [-0.25, -0.2) is 12.8 Å².